The summed E-state index contributed by atoms with van der Waals surface area (Å²) in [6, 6.07) is 6.11. The lowest BCUT2D eigenvalue weighted by molar-refractivity contribution is -0.148. The minimum atomic E-state index is -0.536. The predicted octanol–water partition coefficient (Wildman–Crippen LogP) is 2.99. The Hall–Kier alpha value is -2.24. The van der Waals surface area contributed by atoms with Crippen LogP contribution in [0.2, 0.25) is 0 Å². The summed E-state index contributed by atoms with van der Waals surface area (Å²) in [5.41, 5.74) is 1.64. The number of amides is 1. The monoisotopic (exact) mass is 346 g/mol. The van der Waals surface area contributed by atoms with E-state index in [1.807, 2.05) is 23.1 Å². The molecule has 3 atom stereocenters. The van der Waals surface area contributed by atoms with Crippen LogP contribution in [0.3, 0.4) is 0 Å². The number of methoxy groups -OCH3 is 2. The topological polar surface area (TPSA) is 60.4 Å². The summed E-state index contributed by atoms with van der Waals surface area (Å²) in [5.74, 6) is 1.34. The largest absolute Gasteiger partial charge is 0.493 e. The Morgan fingerprint density at radius 2 is 1.84 bits per heavy atom. The second-order valence-electron chi connectivity index (χ2n) is 6.78. The van der Waals surface area contributed by atoms with Crippen molar-refractivity contribution in [1.29, 1.82) is 0 Å². The number of piperidine rings is 1. The van der Waals surface area contributed by atoms with Crippen LogP contribution in [0.25, 0.3) is 0 Å². The standard InChI is InChI=1S/C19H26N2O4/c1-12-6-5-7-13(2)21(12)19(22)18-11-15(20-25-18)14-8-9-16(23-3)17(10-14)24-4/h8-10,12-13,18H,5-7,11H2,1-4H3. The van der Waals surface area contributed by atoms with Crippen LogP contribution in [-0.2, 0) is 9.63 Å². The van der Waals surface area contributed by atoms with Crippen LogP contribution in [0.5, 0.6) is 11.5 Å². The first kappa shape index (κ1) is 17.6. The third-order valence-corrected chi connectivity index (χ3v) is 5.11. The number of carbonyl (C=O) groups is 1. The van der Waals surface area contributed by atoms with Crippen LogP contribution in [0, 0.1) is 0 Å². The van der Waals surface area contributed by atoms with E-state index in [0.717, 1.165) is 24.1 Å². The minimum absolute atomic E-state index is 0.0407. The maximum absolute atomic E-state index is 12.9. The van der Waals surface area contributed by atoms with Crippen LogP contribution >= 0.6 is 0 Å². The van der Waals surface area contributed by atoms with Gasteiger partial charge in [-0.15, -0.1) is 0 Å². The Bertz CT molecular complexity index is 663. The number of hydrogen-bond acceptors (Lipinski definition) is 5. The molecule has 0 radical (unpaired) electrons. The van der Waals surface area contributed by atoms with Crippen molar-refractivity contribution in [2.45, 2.75) is 57.7 Å². The number of rotatable bonds is 4. The molecule has 1 saturated heterocycles. The van der Waals surface area contributed by atoms with E-state index in [1.54, 1.807) is 14.2 Å². The average Bonchev–Trinajstić information content (AvgIpc) is 3.11. The van der Waals surface area contributed by atoms with E-state index >= 15 is 0 Å². The average molecular weight is 346 g/mol. The third-order valence-electron chi connectivity index (χ3n) is 5.11. The molecule has 0 saturated carbocycles. The molecule has 1 fully saturated rings. The van der Waals surface area contributed by atoms with Gasteiger partial charge in [-0.25, -0.2) is 0 Å². The number of oxime groups is 1. The molecule has 1 aromatic carbocycles. The highest BCUT2D eigenvalue weighted by atomic mass is 16.6. The van der Waals surface area contributed by atoms with Gasteiger partial charge in [-0.2, -0.15) is 0 Å². The molecule has 1 aromatic rings. The van der Waals surface area contributed by atoms with Crippen molar-refractivity contribution in [3.05, 3.63) is 23.8 Å². The summed E-state index contributed by atoms with van der Waals surface area (Å²) in [7, 11) is 3.20. The fourth-order valence-electron chi connectivity index (χ4n) is 3.72. The Kier molecular flexibility index (Phi) is 5.16. The molecule has 1 amide bonds. The summed E-state index contributed by atoms with van der Waals surface area (Å²) < 4.78 is 10.6. The normalized spacial score (nSPS) is 26.0. The molecule has 3 rings (SSSR count). The van der Waals surface area contributed by atoms with Gasteiger partial charge in [0.1, 0.15) is 0 Å². The molecular weight excluding hydrogens is 320 g/mol. The Labute approximate surface area is 148 Å². The highest BCUT2D eigenvalue weighted by Gasteiger charge is 2.37. The summed E-state index contributed by atoms with van der Waals surface area (Å²) in [6.45, 7) is 4.22. The van der Waals surface area contributed by atoms with Gasteiger partial charge in [0.2, 0.25) is 6.10 Å². The molecule has 0 N–H and O–H groups in total. The van der Waals surface area contributed by atoms with Crippen molar-refractivity contribution < 1.29 is 19.1 Å². The lowest BCUT2D eigenvalue weighted by Gasteiger charge is -2.39. The van der Waals surface area contributed by atoms with Crippen molar-refractivity contribution >= 4 is 11.6 Å². The quantitative estimate of drug-likeness (QED) is 0.841. The molecule has 0 aliphatic carbocycles. The minimum Gasteiger partial charge on any atom is -0.493 e. The highest BCUT2D eigenvalue weighted by Crippen LogP contribution is 2.31. The SMILES string of the molecule is COc1ccc(C2=NOC(C(=O)N3C(C)CCCC3C)C2)cc1OC. The second-order valence-corrected chi connectivity index (χ2v) is 6.78. The van der Waals surface area contributed by atoms with Gasteiger partial charge in [-0.3, -0.25) is 4.79 Å². The molecule has 0 bridgehead atoms. The molecule has 2 heterocycles. The molecule has 6 nitrogen and oxygen atoms in total. The summed E-state index contributed by atoms with van der Waals surface area (Å²) in [6.07, 6.45) is 3.21. The highest BCUT2D eigenvalue weighted by molar-refractivity contribution is 6.04. The first-order valence-corrected chi connectivity index (χ1v) is 8.82. The van der Waals surface area contributed by atoms with E-state index in [9.17, 15) is 4.79 Å². The number of benzene rings is 1. The van der Waals surface area contributed by atoms with Crippen LogP contribution in [0.1, 0.15) is 45.1 Å². The van der Waals surface area contributed by atoms with Crippen LogP contribution in [0.15, 0.2) is 23.4 Å². The first-order chi connectivity index (χ1) is 12.0. The fourth-order valence-corrected chi connectivity index (χ4v) is 3.72. The van der Waals surface area contributed by atoms with Gasteiger partial charge >= 0.3 is 0 Å². The molecule has 25 heavy (non-hydrogen) atoms. The molecule has 6 heteroatoms. The number of hydrogen-bond donors (Lipinski definition) is 0. The van der Waals surface area contributed by atoms with E-state index in [-0.39, 0.29) is 18.0 Å². The lowest BCUT2D eigenvalue weighted by Crippen LogP contribution is -2.51. The number of nitrogens with zero attached hydrogens (tertiary/aromatic N) is 2. The van der Waals surface area contributed by atoms with Crippen molar-refractivity contribution in [2.75, 3.05) is 14.2 Å². The van der Waals surface area contributed by atoms with Gasteiger partial charge in [0, 0.05) is 24.1 Å². The number of likely N-dealkylation sites (tertiary alicyclic amines) is 1. The zero-order valence-electron chi connectivity index (χ0n) is 15.3. The number of ether oxygens (including phenoxy) is 2. The van der Waals surface area contributed by atoms with E-state index in [2.05, 4.69) is 19.0 Å². The Morgan fingerprint density at radius 3 is 2.48 bits per heavy atom. The van der Waals surface area contributed by atoms with E-state index in [1.165, 1.54) is 6.42 Å². The van der Waals surface area contributed by atoms with E-state index < -0.39 is 6.10 Å². The van der Waals surface area contributed by atoms with Crippen molar-refractivity contribution in [1.82, 2.24) is 4.90 Å². The fraction of sp³-hybridized carbons (Fsp3) is 0.579. The molecule has 136 valence electrons. The Balaban J connectivity index is 1.71. The first-order valence-electron chi connectivity index (χ1n) is 8.82. The zero-order valence-corrected chi connectivity index (χ0v) is 15.3. The van der Waals surface area contributed by atoms with Gasteiger partial charge in [-0.1, -0.05) is 5.16 Å². The second kappa shape index (κ2) is 7.33. The molecule has 0 aromatic heterocycles. The molecule has 2 aliphatic rings. The molecule has 2 aliphatic heterocycles. The van der Waals surface area contributed by atoms with Crippen LogP contribution < -0.4 is 9.47 Å². The summed E-state index contributed by atoms with van der Waals surface area (Å²) >= 11 is 0. The lowest BCUT2D eigenvalue weighted by atomic mass is 9.95. The van der Waals surface area contributed by atoms with E-state index in [4.69, 9.17) is 14.3 Å². The van der Waals surface area contributed by atoms with Crippen LogP contribution in [-0.4, -0.2) is 48.9 Å². The van der Waals surface area contributed by atoms with Gasteiger partial charge in [0.05, 0.1) is 19.9 Å². The van der Waals surface area contributed by atoms with Gasteiger partial charge in [0.25, 0.3) is 5.91 Å². The van der Waals surface area contributed by atoms with Crippen LogP contribution in [0.4, 0.5) is 0 Å². The maximum atomic E-state index is 12.9. The smallest absolute Gasteiger partial charge is 0.267 e. The third kappa shape index (κ3) is 3.43. The van der Waals surface area contributed by atoms with Crippen molar-refractivity contribution in [3.8, 4) is 11.5 Å². The van der Waals surface area contributed by atoms with Crippen molar-refractivity contribution in [2.24, 2.45) is 5.16 Å². The van der Waals surface area contributed by atoms with Gasteiger partial charge in [-0.05, 0) is 51.3 Å². The summed E-state index contributed by atoms with van der Waals surface area (Å²) in [5, 5.41) is 4.16. The molecule has 0 spiro atoms. The number of carbonyl (C=O) groups excluding carboxylic acids is 1. The van der Waals surface area contributed by atoms with E-state index in [0.29, 0.717) is 17.9 Å². The molecule has 3 unspecified atom stereocenters. The zero-order chi connectivity index (χ0) is 18.0. The predicted molar refractivity (Wildman–Crippen MR) is 95.2 cm³/mol. The van der Waals surface area contributed by atoms with Gasteiger partial charge in [0.15, 0.2) is 11.5 Å². The molecular formula is C19H26N2O4. The Morgan fingerprint density at radius 1 is 1.16 bits per heavy atom. The van der Waals surface area contributed by atoms with Crippen molar-refractivity contribution in [3.63, 3.8) is 0 Å². The summed E-state index contributed by atoms with van der Waals surface area (Å²) in [4.78, 5) is 20.4. The maximum Gasteiger partial charge on any atom is 0.267 e. The van der Waals surface area contributed by atoms with Gasteiger partial charge < -0.3 is 19.2 Å².